The Morgan fingerprint density at radius 1 is 1.29 bits per heavy atom. The number of phenolic OH excluding ortho intramolecular Hbond substituents is 2. The normalized spacial score (nSPS) is 9.50. The Kier molecular flexibility index (Phi) is 3.35. The van der Waals surface area contributed by atoms with Gasteiger partial charge in [0.1, 0.15) is 11.5 Å². The van der Waals surface area contributed by atoms with Gasteiger partial charge in [-0.25, -0.2) is 0 Å². The SMILES string of the molecule is C=C=C(CN)Cc1cc(O)cc(O)c1. The Balaban J connectivity index is 2.91. The largest absolute Gasteiger partial charge is 0.508 e. The highest BCUT2D eigenvalue weighted by Gasteiger charge is 2.01. The zero-order valence-electron chi connectivity index (χ0n) is 7.83. The number of rotatable bonds is 3. The first-order valence-corrected chi connectivity index (χ1v) is 4.25. The van der Waals surface area contributed by atoms with E-state index in [0.717, 1.165) is 11.1 Å². The van der Waals surface area contributed by atoms with Crippen LogP contribution in [-0.4, -0.2) is 16.8 Å². The van der Waals surface area contributed by atoms with Crippen LogP contribution in [0.15, 0.2) is 36.1 Å². The Bertz CT molecular complexity index is 359. The monoisotopic (exact) mass is 191 g/mol. The molecule has 1 aromatic carbocycles. The van der Waals surface area contributed by atoms with Gasteiger partial charge in [-0.1, -0.05) is 6.58 Å². The summed E-state index contributed by atoms with van der Waals surface area (Å²) < 4.78 is 0. The number of aromatic hydroxyl groups is 2. The Morgan fingerprint density at radius 2 is 1.86 bits per heavy atom. The first-order valence-electron chi connectivity index (χ1n) is 4.25. The molecule has 3 heteroatoms. The van der Waals surface area contributed by atoms with Gasteiger partial charge < -0.3 is 15.9 Å². The molecular weight excluding hydrogens is 178 g/mol. The molecule has 0 saturated carbocycles. The summed E-state index contributed by atoms with van der Waals surface area (Å²) in [6.45, 7) is 3.88. The highest BCUT2D eigenvalue weighted by Crippen LogP contribution is 2.21. The minimum absolute atomic E-state index is 0.0421. The number of nitrogens with two attached hydrogens (primary N) is 1. The molecule has 0 radical (unpaired) electrons. The van der Waals surface area contributed by atoms with Crippen molar-refractivity contribution in [2.24, 2.45) is 5.73 Å². The van der Waals surface area contributed by atoms with Crippen LogP contribution in [0, 0.1) is 0 Å². The summed E-state index contributed by atoms with van der Waals surface area (Å²) >= 11 is 0. The van der Waals surface area contributed by atoms with Gasteiger partial charge in [-0.2, -0.15) is 0 Å². The molecule has 0 atom stereocenters. The van der Waals surface area contributed by atoms with E-state index in [-0.39, 0.29) is 11.5 Å². The van der Waals surface area contributed by atoms with E-state index in [4.69, 9.17) is 5.73 Å². The maximum absolute atomic E-state index is 9.22. The lowest BCUT2D eigenvalue weighted by atomic mass is 10.1. The van der Waals surface area contributed by atoms with Gasteiger partial charge in [0.2, 0.25) is 0 Å². The van der Waals surface area contributed by atoms with Crippen LogP contribution in [-0.2, 0) is 6.42 Å². The van der Waals surface area contributed by atoms with Crippen molar-refractivity contribution in [3.8, 4) is 11.5 Å². The van der Waals surface area contributed by atoms with Crippen molar-refractivity contribution in [1.82, 2.24) is 0 Å². The third kappa shape index (κ3) is 2.66. The molecule has 0 aliphatic heterocycles. The van der Waals surface area contributed by atoms with Gasteiger partial charge in [0.15, 0.2) is 0 Å². The number of hydrogen-bond donors (Lipinski definition) is 3. The minimum atomic E-state index is 0.0421. The van der Waals surface area contributed by atoms with E-state index in [9.17, 15) is 10.2 Å². The molecule has 74 valence electrons. The second-order valence-electron chi connectivity index (χ2n) is 3.02. The van der Waals surface area contributed by atoms with Crippen LogP contribution in [0.25, 0.3) is 0 Å². The molecule has 0 heterocycles. The molecule has 3 nitrogen and oxygen atoms in total. The van der Waals surface area contributed by atoms with E-state index >= 15 is 0 Å². The molecule has 1 rings (SSSR count). The Morgan fingerprint density at radius 3 is 2.29 bits per heavy atom. The fourth-order valence-corrected chi connectivity index (χ4v) is 1.21. The number of benzene rings is 1. The lowest BCUT2D eigenvalue weighted by Gasteiger charge is -2.04. The van der Waals surface area contributed by atoms with Gasteiger partial charge >= 0.3 is 0 Å². The molecule has 0 unspecified atom stereocenters. The van der Waals surface area contributed by atoms with Crippen molar-refractivity contribution in [3.63, 3.8) is 0 Å². The lowest BCUT2D eigenvalue weighted by molar-refractivity contribution is 0.449. The van der Waals surface area contributed by atoms with Crippen LogP contribution in [0.4, 0.5) is 0 Å². The Hall–Kier alpha value is -1.70. The van der Waals surface area contributed by atoms with Crippen LogP contribution < -0.4 is 5.73 Å². The highest BCUT2D eigenvalue weighted by molar-refractivity contribution is 5.38. The maximum atomic E-state index is 9.22. The second kappa shape index (κ2) is 4.51. The molecule has 0 fully saturated rings. The summed E-state index contributed by atoms with van der Waals surface area (Å²) in [6, 6.07) is 4.43. The van der Waals surface area contributed by atoms with Crippen molar-refractivity contribution in [1.29, 1.82) is 0 Å². The summed E-state index contributed by atoms with van der Waals surface area (Å²) in [4.78, 5) is 0. The molecule has 0 bridgehead atoms. The van der Waals surface area contributed by atoms with Gasteiger partial charge in [0.25, 0.3) is 0 Å². The van der Waals surface area contributed by atoms with E-state index in [1.54, 1.807) is 12.1 Å². The van der Waals surface area contributed by atoms with E-state index < -0.39 is 0 Å². The standard InChI is InChI=1S/C11H13NO2/c1-2-8(7-12)3-9-4-10(13)6-11(14)5-9/h4-6,13-14H,1,3,7,12H2. The quantitative estimate of drug-likeness (QED) is 0.631. The summed E-state index contributed by atoms with van der Waals surface area (Å²) in [6.07, 6.45) is 0.544. The summed E-state index contributed by atoms with van der Waals surface area (Å²) in [7, 11) is 0. The zero-order chi connectivity index (χ0) is 10.6. The van der Waals surface area contributed by atoms with E-state index in [0.29, 0.717) is 13.0 Å². The van der Waals surface area contributed by atoms with Crippen molar-refractivity contribution < 1.29 is 10.2 Å². The molecule has 0 aromatic heterocycles. The fourth-order valence-electron chi connectivity index (χ4n) is 1.21. The molecule has 4 N–H and O–H groups in total. The first kappa shape index (κ1) is 10.4. The fraction of sp³-hybridized carbons (Fsp3) is 0.182. The molecule has 0 spiro atoms. The van der Waals surface area contributed by atoms with Crippen molar-refractivity contribution in [2.45, 2.75) is 6.42 Å². The van der Waals surface area contributed by atoms with Crippen LogP contribution in [0.2, 0.25) is 0 Å². The van der Waals surface area contributed by atoms with Gasteiger partial charge in [-0.05, 0) is 23.3 Å². The van der Waals surface area contributed by atoms with Crippen molar-refractivity contribution in [2.75, 3.05) is 6.54 Å². The topological polar surface area (TPSA) is 66.5 Å². The predicted molar refractivity (Wildman–Crippen MR) is 55.2 cm³/mol. The molecule has 0 amide bonds. The van der Waals surface area contributed by atoms with Crippen LogP contribution in [0.5, 0.6) is 11.5 Å². The van der Waals surface area contributed by atoms with Gasteiger partial charge in [0, 0.05) is 19.0 Å². The molecule has 0 aliphatic carbocycles. The number of hydrogen-bond acceptors (Lipinski definition) is 3. The van der Waals surface area contributed by atoms with Crippen molar-refractivity contribution >= 4 is 0 Å². The number of phenols is 2. The van der Waals surface area contributed by atoms with E-state index in [2.05, 4.69) is 12.3 Å². The minimum Gasteiger partial charge on any atom is -0.508 e. The first-order chi connectivity index (χ1) is 6.65. The third-order valence-electron chi connectivity index (χ3n) is 1.88. The average Bonchev–Trinajstić information content (AvgIpc) is 2.12. The third-order valence-corrected chi connectivity index (χ3v) is 1.88. The highest BCUT2D eigenvalue weighted by atomic mass is 16.3. The second-order valence-corrected chi connectivity index (χ2v) is 3.02. The zero-order valence-corrected chi connectivity index (χ0v) is 7.83. The van der Waals surface area contributed by atoms with Crippen LogP contribution in [0.1, 0.15) is 5.56 Å². The van der Waals surface area contributed by atoms with Gasteiger partial charge in [-0.15, -0.1) is 5.73 Å². The van der Waals surface area contributed by atoms with Gasteiger partial charge in [-0.3, -0.25) is 0 Å². The summed E-state index contributed by atoms with van der Waals surface area (Å²) in [5.74, 6) is 0.0841. The molecule has 0 aliphatic rings. The van der Waals surface area contributed by atoms with E-state index in [1.165, 1.54) is 6.07 Å². The molecule has 1 aromatic rings. The van der Waals surface area contributed by atoms with Crippen LogP contribution >= 0.6 is 0 Å². The summed E-state index contributed by atoms with van der Waals surface area (Å²) in [5.41, 5.74) is 9.79. The average molecular weight is 191 g/mol. The van der Waals surface area contributed by atoms with Gasteiger partial charge in [0.05, 0.1) is 0 Å². The lowest BCUT2D eigenvalue weighted by Crippen LogP contribution is -2.04. The van der Waals surface area contributed by atoms with Crippen LogP contribution in [0.3, 0.4) is 0 Å². The molecule has 14 heavy (non-hydrogen) atoms. The summed E-state index contributed by atoms with van der Waals surface area (Å²) in [5, 5.41) is 18.4. The molecular formula is C11H13NO2. The van der Waals surface area contributed by atoms with Crippen molar-refractivity contribution in [3.05, 3.63) is 41.6 Å². The van der Waals surface area contributed by atoms with E-state index in [1.807, 2.05) is 0 Å². The maximum Gasteiger partial charge on any atom is 0.119 e. The smallest absolute Gasteiger partial charge is 0.119 e. The predicted octanol–water partition coefficient (Wildman–Crippen LogP) is 1.31. The molecule has 0 saturated heterocycles. The Labute approximate surface area is 82.8 Å².